The number of benzene rings is 1. The predicted molar refractivity (Wildman–Crippen MR) is 139 cm³/mol. The molecule has 1 atom stereocenters. The molecule has 0 radical (unpaired) electrons. The molecule has 11 nitrogen and oxygen atoms in total. The summed E-state index contributed by atoms with van der Waals surface area (Å²) in [6, 6.07) is 7.05. The number of hydrogen-bond donors (Lipinski definition) is 1. The van der Waals surface area contributed by atoms with Gasteiger partial charge in [-0.2, -0.15) is 0 Å². The SMILES string of the molecule is CCC1(OC(C)=O)C(=O)OCc2c1cc1n(c2=O)Cc2c-1nc1ccc(N)cc1c2N1CCS(=O)(=O)CC1. The minimum absolute atomic E-state index is 0.0238. The van der Waals surface area contributed by atoms with Gasteiger partial charge in [0.05, 0.1) is 46.2 Å². The molecule has 1 saturated heterocycles. The van der Waals surface area contributed by atoms with Gasteiger partial charge in [0.25, 0.3) is 5.56 Å². The zero-order chi connectivity index (χ0) is 27.0. The molecule has 3 aromatic rings. The number of aromatic nitrogens is 2. The van der Waals surface area contributed by atoms with Crippen molar-refractivity contribution in [3.63, 3.8) is 0 Å². The van der Waals surface area contributed by atoms with E-state index < -0.39 is 27.4 Å². The van der Waals surface area contributed by atoms with E-state index in [2.05, 4.69) is 0 Å². The van der Waals surface area contributed by atoms with Crippen LogP contribution in [0.15, 0.2) is 29.1 Å². The fourth-order valence-electron chi connectivity index (χ4n) is 5.78. The fourth-order valence-corrected chi connectivity index (χ4v) is 6.98. The fraction of sp³-hybridized carbons (Fsp3) is 0.385. The van der Waals surface area contributed by atoms with Crippen molar-refractivity contribution >= 4 is 44.1 Å². The number of cyclic esters (lactones) is 1. The molecule has 1 fully saturated rings. The summed E-state index contributed by atoms with van der Waals surface area (Å²) in [6.45, 7) is 3.48. The van der Waals surface area contributed by atoms with Crippen LogP contribution in [0.2, 0.25) is 0 Å². The van der Waals surface area contributed by atoms with Crippen LogP contribution in [0.1, 0.15) is 37.0 Å². The minimum atomic E-state index is -3.13. The van der Waals surface area contributed by atoms with E-state index in [1.54, 1.807) is 29.7 Å². The highest BCUT2D eigenvalue weighted by Crippen LogP contribution is 2.44. The second-order valence-electron chi connectivity index (χ2n) is 9.87. The Balaban J connectivity index is 1.61. The summed E-state index contributed by atoms with van der Waals surface area (Å²) in [4.78, 5) is 45.6. The molecule has 0 bridgehead atoms. The van der Waals surface area contributed by atoms with Crippen molar-refractivity contribution in [2.24, 2.45) is 0 Å². The second-order valence-corrected chi connectivity index (χ2v) is 12.2. The number of nitrogen functional groups attached to an aromatic ring is 1. The molecule has 1 aromatic carbocycles. The summed E-state index contributed by atoms with van der Waals surface area (Å²) in [5, 5.41) is 0.773. The van der Waals surface area contributed by atoms with E-state index in [4.69, 9.17) is 20.2 Å². The molecule has 1 unspecified atom stereocenters. The number of esters is 2. The van der Waals surface area contributed by atoms with Gasteiger partial charge >= 0.3 is 11.9 Å². The number of sulfone groups is 1. The number of carbonyl (C=O) groups excluding carboxylic acids is 2. The third kappa shape index (κ3) is 3.50. The highest BCUT2D eigenvalue weighted by Gasteiger charge is 2.50. The molecule has 2 N–H and O–H groups in total. The molecule has 12 heteroatoms. The Morgan fingerprint density at radius 3 is 2.61 bits per heavy atom. The van der Waals surface area contributed by atoms with Gasteiger partial charge in [0.15, 0.2) is 9.84 Å². The van der Waals surface area contributed by atoms with Gasteiger partial charge in [-0.1, -0.05) is 6.92 Å². The Hall–Kier alpha value is -3.93. The maximum atomic E-state index is 13.8. The number of ether oxygens (including phenoxy) is 2. The van der Waals surface area contributed by atoms with E-state index in [0.29, 0.717) is 41.2 Å². The minimum Gasteiger partial charge on any atom is -0.457 e. The third-order valence-electron chi connectivity index (χ3n) is 7.63. The molecule has 198 valence electrons. The van der Waals surface area contributed by atoms with Crippen molar-refractivity contribution in [2.45, 2.75) is 39.0 Å². The van der Waals surface area contributed by atoms with E-state index in [1.165, 1.54) is 6.92 Å². The van der Waals surface area contributed by atoms with Crippen LogP contribution in [0.4, 0.5) is 11.4 Å². The third-order valence-corrected chi connectivity index (χ3v) is 9.24. The van der Waals surface area contributed by atoms with Crippen molar-refractivity contribution in [1.29, 1.82) is 0 Å². The van der Waals surface area contributed by atoms with Crippen LogP contribution in [0.5, 0.6) is 0 Å². The first-order valence-electron chi connectivity index (χ1n) is 12.4. The number of rotatable bonds is 3. The lowest BCUT2D eigenvalue weighted by molar-refractivity contribution is -0.188. The van der Waals surface area contributed by atoms with Gasteiger partial charge in [-0.3, -0.25) is 9.59 Å². The summed E-state index contributed by atoms with van der Waals surface area (Å²) in [5.41, 5.74) is 8.37. The normalized spacial score (nSPS) is 21.4. The van der Waals surface area contributed by atoms with Crippen molar-refractivity contribution < 1.29 is 27.5 Å². The van der Waals surface area contributed by atoms with Crippen LogP contribution in [0, 0.1) is 0 Å². The van der Waals surface area contributed by atoms with Crippen LogP contribution in [0.3, 0.4) is 0 Å². The average molecular weight is 539 g/mol. The largest absolute Gasteiger partial charge is 0.457 e. The molecule has 3 aliphatic heterocycles. The summed E-state index contributed by atoms with van der Waals surface area (Å²) in [6.07, 6.45) is 0.0894. The number of nitrogens with two attached hydrogens (primary N) is 1. The number of pyridine rings is 2. The lowest BCUT2D eigenvalue weighted by Gasteiger charge is -2.35. The topological polar surface area (TPSA) is 151 Å². The van der Waals surface area contributed by atoms with E-state index in [1.807, 2.05) is 11.0 Å². The average Bonchev–Trinajstić information content (AvgIpc) is 3.23. The van der Waals surface area contributed by atoms with Crippen LogP contribution in [-0.2, 0) is 47.7 Å². The molecule has 0 amide bonds. The number of anilines is 2. The van der Waals surface area contributed by atoms with Crippen LogP contribution in [0.25, 0.3) is 22.3 Å². The van der Waals surface area contributed by atoms with E-state index in [9.17, 15) is 22.8 Å². The summed E-state index contributed by atoms with van der Waals surface area (Å²) in [7, 11) is -3.13. The van der Waals surface area contributed by atoms with Crippen LogP contribution >= 0.6 is 0 Å². The Labute approximate surface area is 218 Å². The van der Waals surface area contributed by atoms with Crippen molar-refractivity contribution in [3.05, 3.63) is 51.3 Å². The molecule has 38 heavy (non-hydrogen) atoms. The molecule has 6 rings (SSSR count). The van der Waals surface area contributed by atoms with Crippen molar-refractivity contribution in [3.8, 4) is 11.4 Å². The zero-order valence-corrected chi connectivity index (χ0v) is 21.8. The lowest BCUT2D eigenvalue weighted by atomic mass is 9.85. The quantitative estimate of drug-likeness (QED) is 0.300. The number of hydrogen-bond acceptors (Lipinski definition) is 10. The smallest absolute Gasteiger partial charge is 0.355 e. The van der Waals surface area contributed by atoms with Gasteiger partial charge in [0.2, 0.25) is 5.60 Å². The van der Waals surface area contributed by atoms with Crippen LogP contribution in [-0.4, -0.2) is 54.5 Å². The summed E-state index contributed by atoms with van der Waals surface area (Å²) in [5.74, 6) is -1.34. The zero-order valence-electron chi connectivity index (χ0n) is 20.9. The molecular formula is C26H26N4O7S. The molecule has 0 spiro atoms. The van der Waals surface area contributed by atoms with Gasteiger partial charge < -0.3 is 24.7 Å². The molecule has 0 aliphatic carbocycles. The van der Waals surface area contributed by atoms with Gasteiger partial charge in [-0.25, -0.2) is 18.2 Å². The predicted octanol–water partition coefficient (Wildman–Crippen LogP) is 1.47. The standard InChI is InChI=1S/C26H26N4O7S/c1-3-26(37-14(2)31)19-11-21-22-17(12-30(21)24(32)18(19)13-36-25(26)33)23(29-6-8-38(34,35)9-7-29)16-10-15(27)4-5-20(16)28-22/h4-5,10-11H,3,6-9,12-13,27H2,1-2H3. The van der Waals surface area contributed by atoms with E-state index in [0.717, 1.165) is 16.6 Å². The second kappa shape index (κ2) is 8.29. The maximum Gasteiger partial charge on any atom is 0.355 e. The number of nitrogens with zero attached hydrogens (tertiary/aromatic N) is 3. The maximum absolute atomic E-state index is 13.8. The first-order chi connectivity index (χ1) is 18.0. The summed E-state index contributed by atoms with van der Waals surface area (Å²) < 4.78 is 36.8. The van der Waals surface area contributed by atoms with Crippen molar-refractivity contribution in [2.75, 3.05) is 35.2 Å². The highest BCUT2D eigenvalue weighted by molar-refractivity contribution is 7.91. The summed E-state index contributed by atoms with van der Waals surface area (Å²) >= 11 is 0. The van der Waals surface area contributed by atoms with E-state index in [-0.39, 0.29) is 42.2 Å². The highest BCUT2D eigenvalue weighted by atomic mass is 32.2. The van der Waals surface area contributed by atoms with Crippen molar-refractivity contribution in [1.82, 2.24) is 9.55 Å². The molecule has 2 aromatic heterocycles. The Bertz CT molecular complexity index is 1720. The Morgan fingerprint density at radius 1 is 1.18 bits per heavy atom. The van der Waals surface area contributed by atoms with Gasteiger partial charge in [-0.05, 0) is 30.7 Å². The van der Waals surface area contributed by atoms with E-state index >= 15 is 0 Å². The molecule has 0 saturated carbocycles. The molecule has 3 aliphatic rings. The first-order valence-corrected chi connectivity index (χ1v) is 14.2. The number of fused-ring (bicyclic) bond motifs is 5. The molecular weight excluding hydrogens is 512 g/mol. The van der Waals surface area contributed by atoms with Gasteiger partial charge in [-0.15, -0.1) is 0 Å². The Morgan fingerprint density at radius 2 is 1.92 bits per heavy atom. The Kier molecular flexibility index (Phi) is 5.32. The van der Waals surface area contributed by atoms with Gasteiger partial charge in [0.1, 0.15) is 6.61 Å². The monoisotopic (exact) mass is 538 g/mol. The first kappa shape index (κ1) is 24.4. The van der Waals surface area contributed by atoms with Gasteiger partial charge in [0, 0.05) is 42.2 Å². The molecule has 5 heterocycles. The lowest BCUT2D eigenvalue weighted by Crippen LogP contribution is -2.47. The number of carbonyl (C=O) groups is 2. The van der Waals surface area contributed by atoms with Crippen LogP contribution < -0.4 is 16.2 Å².